The van der Waals surface area contributed by atoms with Crippen molar-refractivity contribution < 1.29 is 0 Å². The predicted octanol–water partition coefficient (Wildman–Crippen LogP) is 4.68. The number of hydrogen-bond acceptors (Lipinski definition) is 1. The minimum atomic E-state index is 0.524. The molecule has 1 atom stereocenters. The topological polar surface area (TPSA) is 12.0 Å². The fraction of sp³-hybridized carbons (Fsp3) is 0.600. The van der Waals surface area contributed by atoms with Gasteiger partial charge in [0.2, 0.25) is 0 Å². The highest BCUT2D eigenvalue weighted by atomic mass is 79.9. The van der Waals surface area contributed by atoms with E-state index in [1.54, 1.807) is 0 Å². The average molecular weight is 296 g/mol. The van der Waals surface area contributed by atoms with Gasteiger partial charge in [0.15, 0.2) is 0 Å². The Labute approximate surface area is 113 Å². The van der Waals surface area contributed by atoms with Gasteiger partial charge in [-0.25, -0.2) is 0 Å². The molecule has 94 valence electrons. The van der Waals surface area contributed by atoms with Crippen molar-refractivity contribution in [3.05, 3.63) is 34.3 Å². The number of nitrogens with one attached hydrogen (secondary N) is 1. The normalized spacial score (nSPS) is 19.2. The molecule has 1 nitrogen and oxygen atoms in total. The van der Waals surface area contributed by atoms with Crippen molar-refractivity contribution >= 4 is 15.9 Å². The Hall–Kier alpha value is -0.340. The molecule has 1 fully saturated rings. The summed E-state index contributed by atoms with van der Waals surface area (Å²) in [5.41, 5.74) is 1.43. The van der Waals surface area contributed by atoms with Crippen molar-refractivity contribution in [2.75, 3.05) is 6.54 Å². The molecule has 1 aromatic carbocycles. The second kappa shape index (κ2) is 6.55. The van der Waals surface area contributed by atoms with E-state index in [0.29, 0.717) is 6.04 Å². The summed E-state index contributed by atoms with van der Waals surface area (Å²) in [4.78, 5) is 0. The van der Waals surface area contributed by atoms with E-state index in [2.05, 4.69) is 52.4 Å². The van der Waals surface area contributed by atoms with Crippen LogP contribution >= 0.6 is 15.9 Å². The van der Waals surface area contributed by atoms with Crippen LogP contribution in [0.1, 0.15) is 50.6 Å². The maximum atomic E-state index is 3.69. The van der Waals surface area contributed by atoms with Gasteiger partial charge in [-0.15, -0.1) is 0 Å². The molecule has 0 heterocycles. The minimum absolute atomic E-state index is 0.524. The molecule has 0 saturated heterocycles. The molecule has 1 N–H and O–H groups in total. The van der Waals surface area contributed by atoms with Crippen LogP contribution in [0.4, 0.5) is 0 Å². The molecule has 0 radical (unpaired) electrons. The highest BCUT2D eigenvalue weighted by Gasteiger charge is 2.25. The van der Waals surface area contributed by atoms with Crippen molar-refractivity contribution in [3.63, 3.8) is 0 Å². The fourth-order valence-corrected chi connectivity index (χ4v) is 3.48. The number of halogens is 1. The van der Waals surface area contributed by atoms with Crippen LogP contribution in [-0.4, -0.2) is 6.54 Å². The summed E-state index contributed by atoms with van der Waals surface area (Å²) in [6.45, 7) is 3.25. The second-order valence-corrected chi connectivity index (χ2v) is 5.81. The van der Waals surface area contributed by atoms with E-state index in [-0.39, 0.29) is 0 Å². The van der Waals surface area contributed by atoms with E-state index in [1.807, 2.05) is 0 Å². The summed E-state index contributed by atoms with van der Waals surface area (Å²) in [6, 6.07) is 9.18. The van der Waals surface area contributed by atoms with Crippen LogP contribution in [0, 0.1) is 5.92 Å². The minimum Gasteiger partial charge on any atom is -0.310 e. The van der Waals surface area contributed by atoms with Crippen LogP contribution in [-0.2, 0) is 0 Å². The van der Waals surface area contributed by atoms with Crippen LogP contribution < -0.4 is 5.32 Å². The maximum Gasteiger partial charge on any atom is 0.0359 e. The number of hydrogen-bond donors (Lipinski definition) is 1. The van der Waals surface area contributed by atoms with Gasteiger partial charge in [-0.2, -0.15) is 0 Å². The quantitative estimate of drug-likeness (QED) is 0.850. The van der Waals surface area contributed by atoms with Gasteiger partial charge >= 0.3 is 0 Å². The van der Waals surface area contributed by atoms with Gasteiger partial charge in [-0.3, -0.25) is 0 Å². The zero-order chi connectivity index (χ0) is 12.1. The number of benzene rings is 1. The Morgan fingerprint density at radius 2 is 1.94 bits per heavy atom. The van der Waals surface area contributed by atoms with Crippen molar-refractivity contribution in [2.24, 2.45) is 5.92 Å². The summed E-state index contributed by atoms with van der Waals surface area (Å²) < 4.78 is 1.25. The number of rotatable bonds is 4. The largest absolute Gasteiger partial charge is 0.310 e. The van der Waals surface area contributed by atoms with E-state index >= 15 is 0 Å². The first-order valence-electron chi connectivity index (χ1n) is 6.80. The molecule has 1 aliphatic rings. The first-order chi connectivity index (χ1) is 8.33. The Balaban J connectivity index is 2.18. The van der Waals surface area contributed by atoms with Crippen LogP contribution in [0.3, 0.4) is 0 Å². The van der Waals surface area contributed by atoms with Gasteiger partial charge in [-0.1, -0.05) is 60.3 Å². The molecular weight excluding hydrogens is 274 g/mol. The lowest BCUT2D eigenvalue weighted by Gasteiger charge is -2.31. The summed E-state index contributed by atoms with van der Waals surface area (Å²) in [7, 11) is 0. The average Bonchev–Trinajstić information content (AvgIpc) is 2.38. The van der Waals surface area contributed by atoms with Gasteiger partial charge in [0.25, 0.3) is 0 Å². The molecule has 0 amide bonds. The molecule has 1 unspecified atom stereocenters. The van der Waals surface area contributed by atoms with Gasteiger partial charge in [-0.05, 0) is 36.9 Å². The second-order valence-electron chi connectivity index (χ2n) is 4.95. The van der Waals surface area contributed by atoms with E-state index in [9.17, 15) is 0 Å². The monoisotopic (exact) mass is 295 g/mol. The summed E-state index contributed by atoms with van der Waals surface area (Å²) >= 11 is 3.69. The Kier molecular flexibility index (Phi) is 5.05. The van der Waals surface area contributed by atoms with Crippen molar-refractivity contribution in [2.45, 2.75) is 45.1 Å². The maximum absolute atomic E-state index is 3.69. The van der Waals surface area contributed by atoms with Crippen LogP contribution in [0.15, 0.2) is 28.7 Å². The Bertz CT molecular complexity index is 345. The molecule has 0 aromatic heterocycles. The highest BCUT2D eigenvalue weighted by Crippen LogP contribution is 2.36. The van der Waals surface area contributed by atoms with E-state index < -0.39 is 0 Å². The smallest absolute Gasteiger partial charge is 0.0359 e. The van der Waals surface area contributed by atoms with Crippen molar-refractivity contribution in [1.29, 1.82) is 0 Å². The van der Waals surface area contributed by atoms with E-state index in [4.69, 9.17) is 0 Å². The third kappa shape index (κ3) is 3.32. The van der Waals surface area contributed by atoms with Crippen molar-refractivity contribution in [1.82, 2.24) is 5.32 Å². The molecule has 17 heavy (non-hydrogen) atoms. The summed E-state index contributed by atoms with van der Waals surface area (Å²) in [5, 5.41) is 3.68. The van der Waals surface area contributed by atoms with Crippen LogP contribution in [0.25, 0.3) is 0 Å². The lowest BCUT2D eigenvalue weighted by Crippen LogP contribution is -2.29. The summed E-state index contributed by atoms with van der Waals surface area (Å²) in [5.74, 6) is 0.808. The van der Waals surface area contributed by atoms with Gasteiger partial charge in [0, 0.05) is 10.5 Å². The molecule has 1 saturated carbocycles. The SMILES string of the molecule is CCNC(c1ccccc1Br)C1CCCCC1. The molecule has 2 rings (SSSR count). The van der Waals surface area contributed by atoms with Gasteiger partial charge in [0.05, 0.1) is 0 Å². The first kappa shape index (κ1) is 13.1. The highest BCUT2D eigenvalue weighted by molar-refractivity contribution is 9.10. The summed E-state index contributed by atoms with van der Waals surface area (Å²) in [6.07, 6.45) is 6.97. The molecule has 0 aliphatic heterocycles. The van der Waals surface area contributed by atoms with E-state index in [0.717, 1.165) is 12.5 Å². The molecule has 2 heteroatoms. The van der Waals surface area contributed by atoms with E-state index in [1.165, 1.54) is 42.1 Å². The molecule has 1 aromatic rings. The molecule has 0 spiro atoms. The zero-order valence-electron chi connectivity index (χ0n) is 10.6. The Morgan fingerprint density at radius 1 is 1.24 bits per heavy atom. The lowest BCUT2D eigenvalue weighted by atomic mass is 9.81. The molecule has 1 aliphatic carbocycles. The van der Waals surface area contributed by atoms with Crippen LogP contribution in [0.5, 0.6) is 0 Å². The fourth-order valence-electron chi connectivity index (χ4n) is 2.95. The Morgan fingerprint density at radius 3 is 2.59 bits per heavy atom. The predicted molar refractivity (Wildman–Crippen MR) is 77.1 cm³/mol. The van der Waals surface area contributed by atoms with Crippen LogP contribution in [0.2, 0.25) is 0 Å². The lowest BCUT2D eigenvalue weighted by molar-refractivity contribution is 0.274. The standard InChI is InChI=1S/C15H22BrN/c1-2-17-15(12-8-4-3-5-9-12)13-10-6-7-11-14(13)16/h6-7,10-12,15,17H,2-5,8-9H2,1H3. The van der Waals surface area contributed by atoms with Gasteiger partial charge in [0.1, 0.15) is 0 Å². The van der Waals surface area contributed by atoms with Crippen molar-refractivity contribution in [3.8, 4) is 0 Å². The third-order valence-electron chi connectivity index (χ3n) is 3.79. The molecule has 0 bridgehead atoms. The van der Waals surface area contributed by atoms with Gasteiger partial charge < -0.3 is 5.32 Å². The first-order valence-corrected chi connectivity index (χ1v) is 7.60. The molecular formula is C15H22BrN. The zero-order valence-corrected chi connectivity index (χ0v) is 12.2. The third-order valence-corrected chi connectivity index (χ3v) is 4.51.